The normalized spacial score (nSPS) is 14.5. The zero-order chi connectivity index (χ0) is 14.3. The highest BCUT2D eigenvalue weighted by atomic mass is 16.3. The first kappa shape index (κ1) is 18.9. The number of aliphatic hydroxyl groups excluding tert-OH is 2. The Balaban J connectivity index is 3.10. The first-order chi connectivity index (χ1) is 9.20. The number of aliphatic hydroxyl groups is 2. The van der Waals surface area contributed by atoms with E-state index in [-0.39, 0.29) is 12.2 Å². The third kappa shape index (κ3) is 14.1. The molecule has 19 heavy (non-hydrogen) atoms. The Morgan fingerprint density at radius 3 is 1.47 bits per heavy atom. The van der Waals surface area contributed by atoms with Crippen LogP contribution < -0.4 is 0 Å². The van der Waals surface area contributed by atoms with Gasteiger partial charge in [-0.25, -0.2) is 0 Å². The maximum Gasteiger partial charge on any atom is 0.0540 e. The lowest BCUT2D eigenvalue weighted by Gasteiger charge is -2.09. The molecule has 2 atom stereocenters. The molecule has 0 aliphatic heterocycles. The molecule has 0 aliphatic rings. The van der Waals surface area contributed by atoms with Crippen LogP contribution in [0.3, 0.4) is 0 Å². The quantitative estimate of drug-likeness (QED) is 0.445. The minimum absolute atomic E-state index is 0.0597. The molecular formula is C17H36O2. The van der Waals surface area contributed by atoms with Crippen LogP contribution in [-0.4, -0.2) is 22.4 Å². The van der Waals surface area contributed by atoms with E-state index in [9.17, 15) is 10.2 Å². The fraction of sp³-hybridized carbons (Fsp3) is 1.00. The lowest BCUT2D eigenvalue weighted by atomic mass is 10.0. The van der Waals surface area contributed by atoms with Gasteiger partial charge in [0, 0.05) is 0 Å². The molecule has 0 saturated heterocycles. The van der Waals surface area contributed by atoms with Crippen molar-refractivity contribution >= 4 is 0 Å². The van der Waals surface area contributed by atoms with Crippen molar-refractivity contribution in [2.45, 2.75) is 110 Å². The Bertz CT molecular complexity index is 171. The smallest absolute Gasteiger partial charge is 0.0540 e. The average molecular weight is 272 g/mol. The van der Waals surface area contributed by atoms with Gasteiger partial charge in [0.25, 0.3) is 0 Å². The molecule has 0 bridgehead atoms. The summed E-state index contributed by atoms with van der Waals surface area (Å²) in [4.78, 5) is 0. The Morgan fingerprint density at radius 2 is 1.00 bits per heavy atom. The number of unbranched alkanes of at least 4 members (excludes halogenated alkanes) is 7. The molecular weight excluding hydrogens is 236 g/mol. The highest BCUT2D eigenvalue weighted by molar-refractivity contribution is 4.57. The first-order valence-electron chi connectivity index (χ1n) is 8.56. The van der Waals surface area contributed by atoms with Crippen LogP contribution in [0, 0.1) is 0 Å². The van der Waals surface area contributed by atoms with Gasteiger partial charge in [-0.3, -0.25) is 0 Å². The van der Waals surface area contributed by atoms with Gasteiger partial charge in [0.2, 0.25) is 0 Å². The van der Waals surface area contributed by atoms with Crippen molar-refractivity contribution in [2.24, 2.45) is 0 Å². The minimum atomic E-state index is -0.0791. The third-order valence-corrected chi connectivity index (χ3v) is 3.94. The Morgan fingerprint density at radius 1 is 0.579 bits per heavy atom. The summed E-state index contributed by atoms with van der Waals surface area (Å²) in [5, 5.41) is 19.1. The van der Waals surface area contributed by atoms with Crippen LogP contribution in [0.25, 0.3) is 0 Å². The number of rotatable bonds is 14. The molecule has 0 heterocycles. The molecule has 2 N–H and O–H groups in total. The number of hydrogen-bond donors (Lipinski definition) is 2. The SMILES string of the molecule is CCCCC(O)CCCCCCCCCC(O)CC. The molecule has 0 aromatic rings. The molecule has 0 spiro atoms. The van der Waals surface area contributed by atoms with Gasteiger partial charge in [-0.2, -0.15) is 0 Å². The molecule has 2 nitrogen and oxygen atoms in total. The van der Waals surface area contributed by atoms with Crippen molar-refractivity contribution in [2.75, 3.05) is 0 Å². The molecule has 0 saturated carbocycles. The van der Waals surface area contributed by atoms with E-state index in [1.165, 1.54) is 51.4 Å². The van der Waals surface area contributed by atoms with E-state index in [2.05, 4.69) is 6.92 Å². The van der Waals surface area contributed by atoms with Crippen LogP contribution in [0.4, 0.5) is 0 Å². The third-order valence-electron chi connectivity index (χ3n) is 3.94. The maximum absolute atomic E-state index is 9.70. The summed E-state index contributed by atoms with van der Waals surface area (Å²) in [5.74, 6) is 0. The molecule has 0 radical (unpaired) electrons. The van der Waals surface area contributed by atoms with Crippen LogP contribution in [0.15, 0.2) is 0 Å². The van der Waals surface area contributed by atoms with Gasteiger partial charge >= 0.3 is 0 Å². The largest absolute Gasteiger partial charge is 0.393 e. The van der Waals surface area contributed by atoms with Crippen molar-refractivity contribution in [3.05, 3.63) is 0 Å². The highest BCUT2D eigenvalue weighted by Gasteiger charge is 2.03. The van der Waals surface area contributed by atoms with Gasteiger partial charge in [-0.15, -0.1) is 0 Å². The minimum Gasteiger partial charge on any atom is -0.393 e. The van der Waals surface area contributed by atoms with Crippen LogP contribution in [0.1, 0.15) is 97.3 Å². The summed E-state index contributed by atoms with van der Waals surface area (Å²) in [6.07, 6.45) is 14.8. The predicted molar refractivity (Wildman–Crippen MR) is 83.4 cm³/mol. The van der Waals surface area contributed by atoms with E-state index in [0.29, 0.717) is 0 Å². The van der Waals surface area contributed by atoms with E-state index in [1.54, 1.807) is 0 Å². The molecule has 0 amide bonds. The summed E-state index contributed by atoms with van der Waals surface area (Å²) < 4.78 is 0. The van der Waals surface area contributed by atoms with Crippen LogP contribution >= 0.6 is 0 Å². The average Bonchev–Trinajstić information content (AvgIpc) is 2.42. The Hall–Kier alpha value is -0.0800. The molecule has 2 unspecified atom stereocenters. The van der Waals surface area contributed by atoms with Crippen molar-refractivity contribution < 1.29 is 10.2 Å². The summed E-state index contributed by atoms with van der Waals surface area (Å²) in [5.41, 5.74) is 0. The van der Waals surface area contributed by atoms with Crippen LogP contribution in [-0.2, 0) is 0 Å². The van der Waals surface area contributed by atoms with E-state index in [4.69, 9.17) is 0 Å². The molecule has 0 aromatic heterocycles. The zero-order valence-electron chi connectivity index (χ0n) is 13.2. The van der Waals surface area contributed by atoms with Gasteiger partial charge in [-0.1, -0.05) is 71.6 Å². The van der Waals surface area contributed by atoms with Gasteiger partial charge in [0.05, 0.1) is 12.2 Å². The molecule has 116 valence electrons. The monoisotopic (exact) mass is 272 g/mol. The molecule has 0 fully saturated rings. The topological polar surface area (TPSA) is 40.5 Å². The zero-order valence-corrected chi connectivity index (χ0v) is 13.2. The summed E-state index contributed by atoms with van der Waals surface area (Å²) in [6, 6.07) is 0. The second-order valence-electron chi connectivity index (χ2n) is 5.91. The van der Waals surface area contributed by atoms with Gasteiger partial charge in [0.15, 0.2) is 0 Å². The Labute approximate surface area is 120 Å². The fourth-order valence-electron chi connectivity index (χ4n) is 2.43. The standard InChI is InChI=1S/C17H36O2/c1-3-5-13-17(19)15-12-10-8-6-7-9-11-14-16(18)4-2/h16-19H,3-15H2,1-2H3. The summed E-state index contributed by atoms with van der Waals surface area (Å²) in [7, 11) is 0. The molecule has 2 heteroatoms. The first-order valence-corrected chi connectivity index (χ1v) is 8.56. The van der Waals surface area contributed by atoms with E-state index in [1.807, 2.05) is 6.92 Å². The van der Waals surface area contributed by atoms with Crippen molar-refractivity contribution in [1.82, 2.24) is 0 Å². The lowest BCUT2D eigenvalue weighted by molar-refractivity contribution is 0.148. The second-order valence-corrected chi connectivity index (χ2v) is 5.91. The van der Waals surface area contributed by atoms with Crippen LogP contribution in [0.2, 0.25) is 0 Å². The maximum atomic E-state index is 9.70. The fourth-order valence-corrected chi connectivity index (χ4v) is 2.43. The van der Waals surface area contributed by atoms with E-state index in [0.717, 1.165) is 32.1 Å². The molecule has 0 rings (SSSR count). The highest BCUT2D eigenvalue weighted by Crippen LogP contribution is 2.13. The van der Waals surface area contributed by atoms with E-state index >= 15 is 0 Å². The second kappa shape index (κ2) is 14.3. The van der Waals surface area contributed by atoms with Crippen molar-refractivity contribution in [3.63, 3.8) is 0 Å². The summed E-state index contributed by atoms with van der Waals surface area (Å²) in [6.45, 7) is 4.21. The number of hydrogen-bond acceptors (Lipinski definition) is 2. The van der Waals surface area contributed by atoms with Gasteiger partial charge in [0.1, 0.15) is 0 Å². The predicted octanol–water partition coefficient (Wildman–Crippen LogP) is 4.82. The van der Waals surface area contributed by atoms with Gasteiger partial charge < -0.3 is 10.2 Å². The lowest BCUT2D eigenvalue weighted by Crippen LogP contribution is -2.05. The van der Waals surface area contributed by atoms with Crippen LogP contribution in [0.5, 0.6) is 0 Å². The molecule has 0 aliphatic carbocycles. The van der Waals surface area contributed by atoms with Crippen molar-refractivity contribution in [3.8, 4) is 0 Å². The summed E-state index contributed by atoms with van der Waals surface area (Å²) >= 11 is 0. The van der Waals surface area contributed by atoms with Crippen molar-refractivity contribution in [1.29, 1.82) is 0 Å². The van der Waals surface area contributed by atoms with Gasteiger partial charge in [-0.05, 0) is 25.7 Å². The van der Waals surface area contributed by atoms with E-state index < -0.39 is 0 Å². The Kier molecular flexibility index (Phi) is 14.3. The molecule has 0 aromatic carbocycles.